The molecule has 122 valence electrons. The number of nitrogens with zero attached hydrogens (tertiary/aromatic N) is 2. The van der Waals surface area contributed by atoms with Gasteiger partial charge in [-0.15, -0.1) is 0 Å². The average molecular weight is 316 g/mol. The lowest BCUT2D eigenvalue weighted by Gasteiger charge is -2.36. The summed E-state index contributed by atoms with van der Waals surface area (Å²) in [5.41, 5.74) is 0. The van der Waals surface area contributed by atoms with Crippen LogP contribution in [-0.2, 0) is 9.59 Å². The van der Waals surface area contributed by atoms with E-state index in [-0.39, 0.29) is 44.4 Å². The molecular formula is C12H17F5N2O2. The molecule has 1 rings (SSSR count). The Bertz CT molecular complexity index is 401. The highest BCUT2D eigenvalue weighted by atomic mass is 19.4. The third-order valence-corrected chi connectivity index (χ3v) is 3.13. The zero-order chi connectivity index (χ0) is 16.4. The Hall–Kier alpha value is -1.41. The molecule has 0 bridgehead atoms. The predicted molar refractivity (Wildman–Crippen MR) is 63.6 cm³/mol. The number of amides is 2. The van der Waals surface area contributed by atoms with Gasteiger partial charge < -0.3 is 9.80 Å². The molecule has 1 fully saturated rings. The second kappa shape index (κ2) is 6.15. The van der Waals surface area contributed by atoms with Crippen molar-refractivity contribution in [3.8, 4) is 0 Å². The molecule has 0 spiro atoms. The maximum absolute atomic E-state index is 12.9. The Kier molecular flexibility index (Phi) is 5.16. The molecule has 1 aliphatic heterocycles. The normalized spacial score (nSPS) is 17.3. The van der Waals surface area contributed by atoms with Crippen LogP contribution in [-0.4, -0.2) is 59.9 Å². The van der Waals surface area contributed by atoms with Gasteiger partial charge in [-0.2, -0.15) is 22.0 Å². The molecule has 2 amide bonds. The van der Waals surface area contributed by atoms with E-state index in [1.54, 1.807) is 0 Å². The summed E-state index contributed by atoms with van der Waals surface area (Å²) in [6.45, 7) is 2.95. The van der Waals surface area contributed by atoms with Crippen molar-refractivity contribution in [2.45, 2.75) is 32.4 Å². The van der Waals surface area contributed by atoms with Gasteiger partial charge in [0.15, 0.2) is 0 Å². The molecule has 1 heterocycles. The number of rotatable bonds is 3. The van der Waals surface area contributed by atoms with Gasteiger partial charge in [0.2, 0.25) is 5.91 Å². The second-order valence-electron chi connectivity index (χ2n) is 5.34. The van der Waals surface area contributed by atoms with E-state index in [1.165, 1.54) is 4.90 Å². The molecule has 0 aromatic carbocycles. The number of carbonyl (C=O) groups excluding carboxylic acids is 2. The van der Waals surface area contributed by atoms with Gasteiger partial charge in [-0.25, -0.2) is 0 Å². The van der Waals surface area contributed by atoms with Crippen molar-refractivity contribution in [2.75, 3.05) is 26.2 Å². The van der Waals surface area contributed by atoms with Crippen LogP contribution in [0.1, 0.15) is 20.3 Å². The first kappa shape index (κ1) is 17.6. The predicted octanol–water partition coefficient (Wildman–Crippen LogP) is 1.90. The zero-order valence-corrected chi connectivity index (χ0v) is 11.7. The molecule has 0 aromatic rings. The van der Waals surface area contributed by atoms with Crippen LogP contribution in [0.4, 0.5) is 22.0 Å². The number of hydrogen-bond donors (Lipinski definition) is 0. The lowest BCUT2D eigenvalue weighted by molar-refractivity contribution is -0.274. The number of piperazine rings is 1. The highest BCUT2D eigenvalue weighted by Crippen LogP contribution is 2.37. The molecule has 0 atom stereocenters. The van der Waals surface area contributed by atoms with E-state index in [1.807, 2.05) is 13.8 Å². The van der Waals surface area contributed by atoms with Crippen LogP contribution >= 0.6 is 0 Å². The molecule has 0 radical (unpaired) electrons. The van der Waals surface area contributed by atoms with Crippen molar-refractivity contribution < 1.29 is 31.5 Å². The monoisotopic (exact) mass is 316 g/mol. The lowest BCUT2D eigenvalue weighted by Crippen LogP contribution is -2.58. The van der Waals surface area contributed by atoms with Crippen LogP contribution < -0.4 is 0 Å². The molecular weight excluding hydrogens is 299 g/mol. The zero-order valence-electron chi connectivity index (χ0n) is 11.7. The van der Waals surface area contributed by atoms with Crippen molar-refractivity contribution in [3.63, 3.8) is 0 Å². The van der Waals surface area contributed by atoms with E-state index in [0.29, 0.717) is 4.90 Å². The topological polar surface area (TPSA) is 40.6 Å². The molecule has 9 heteroatoms. The van der Waals surface area contributed by atoms with Crippen LogP contribution in [0.15, 0.2) is 0 Å². The summed E-state index contributed by atoms with van der Waals surface area (Å²) in [7, 11) is 0. The van der Waals surface area contributed by atoms with E-state index in [4.69, 9.17) is 0 Å². The van der Waals surface area contributed by atoms with Gasteiger partial charge in [0.05, 0.1) is 0 Å². The first-order valence-electron chi connectivity index (χ1n) is 6.48. The highest BCUT2D eigenvalue weighted by molar-refractivity contribution is 5.85. The summed E-state index contributed by atoms with van der Waals surface area (Å²) >= 11 is 0. The minimum Gasteiger partial charge on any atom is -0.339 e. The van der Waals surface area contributed by atoms with Crippen molar-refractivity contribution in [1.29, 1.82) is 0 Å². The maximum Gasteiger partial charge on any atom is 0.463 e. The molecule has 21 heavy (non-hydrogen) atoms. The Balaban J connectivity index is 2.61. The first-order valence-corrected chi connectivity index (χ1v) is 6.48. The van der Waals surface area contributed by atoms with Crippen LogP contribution in [0.3, 0.4) is 0 Å². The van der Waals surface area contributed by atoms with Crippen LogP contribution in [0.25, 0.3) is 0 Å². The summed E-state index contributed by atoms with van der Waals surface area (Å²) in [5.74, 6) is -7.73. The number of alkyl halides is 5. The van der Waals surface area contributed by atoms with Crippen LogP contribution in [0.2, 0.25) is 0 Å². The molecule has 1 aliphatic rings. The highest BCUT2D eigenvalue weighted by Gasteiger charge is 2.64. The lowest BCUT2D eigenvalue weighted by atomic mass is 10.1. The largest absolute Gasteiger partial charge is 0.463 e. The fourth-order valence-electron chi connectivity index (χ4n) is 1.96. The Morgan fingerprint density at radius 1 is 0.952 bits per heavy atom. The van der Waals surface area contributed by atoms with E-state index < -0.39 is 18.0 Å². The Morgan fingerprint density at radius 2 is 1.38 bits per heavy atom. The third-order valence-electron chi connectivity index (χ3n) is 3.13. The molecule has 0 N–H and O–H groups in total. The average Bonchev–Trinajstić information content (AvgIpc) is 2.35. The first-order chi connectivity index (χ1) is 9.46. The standard InChI is InChI=1S/C12H17F5N2O2/c1-8(2)7-9(20)18-3-5-19(6-4-18)10(21)11(13,14)12(15,16)17/h8H,3-7H2,1-2H3. The Labute approximate surface area is 118 Å². The van der Waals surface area contributed by atoms with Crippen molar-refractivity contribution in [1.82, 2.24) is 9.80 Å². The van der Waals surface area contributed by atoms with Crippen molar-refractivity contribution in [3.05, 3.63) is 0 Å². The fourth-order valence-corrected chi connectivity index (χ4v) is 1.96. The fraction of sp³-hybridized carbons (Fsp3) is 0.833. The van der Waals surface area contributed by atoms with E-state index in [9.17, 15) is 31.5 Å². The van der Waals surface area contributed by atoms with E-state index in [2.05, 4.69) is 0 Å². The summed E-state index contributed by atoms with van der Waals surface area (Å²) in [5, 5.41) is 0. The van der Waals surface area contributed by atoms with Gasteiger partial charge in [0.1, 0.15) is 0 Å². The van der Waals surface area contributed by atoms with Crippen molar-refractivity contribution in [2.24, 2.45) is 5.92 Å². The maximum atomic E-state index is 12.9. The number of hydrogen-bond acceptors (Lipinski definition) is 2. The van der Waals surface area contributed by atoms with Gasteiger partial charge in [-0.3, -0.25) is 9.59 Å². The van der Waals surface area contributed by atoms with Gasteiger partial charge in [-0.05, 0) is 5.92 Å². The van der Waals surface area contributed by atoms with Gasteiger partial charge in [0, 0.05) is 32.6 Å². The van der Waals surface area contributed by atoms with Gasteiger partial charge in [-0.1, -0.05) is 13.8 Å². The molecule has 0 aromatic heterocycles. The quantitative estimate of drug-likeness (QED) is 0.746. The summed E-state index contributed by atoms with van der Waals surface area (Å²) in [6.07, 6.45) is -5.64. The SMILES string of the molecule is CC(C)CC(=O)N1CCN(C(=O)C(F)(F)C(F)(F)F)CC1. The molecule has 0 aliphatic carbocycles. The smallest absolute Gasteiger partial charge is 0.339 e. The van der Waals surface area contributed by atoms with E-state index in [0.717, 1.165) is 0 Å². The minimum atomic E-state index is -5.91. The minimum absolute atomic E-state index is 0.0365. The summed E-state index contributed by atoms with van der Waals surface area (Å²) < 4.78 is 62.3. The molecule has 0 unspecified atom stereocenters. The number of carbonyl (C=O) groups is 2. The van der Waals surface area contributed by atoms with Crippen molar-refractivity contribution >= 4 is 11.8 Å². The molecule has 4 nitrogen and oxygen atoms in total. The second-order valence-corrected chi connectivity index (χ2v) is 5.34. The summed E-state index contributed by atoms with van der Waals surface area (Å²) in [6, 6.07) is 0. The van der Waals surface area contributed by atoms with Crippen LogP contribution in [0, 0.1) is 5.92 Å². The summed E-state index contributed by atoms with van der Waals surface area (Å²) in [4.78, 5) is 24.8. The Morgan fingerprint density at radius 3 is 1.76 bits per heavy atom. The van der Waals surface area contributed by atoms with E-state index >= 15 is 0 Å². The van der Waals surface area contributed by atoms with Crippen LogP contribution in [0.5, 0.6) is 0 Å². The van der Waals surface area contributed by atoms with Gasteiger partial charge >= 0.3 is 18.0 Å². The number of halogens is 5. The van der Waals surface area contributed by atoms with Gasteiger partial charge in [0.25, 0.3) is 0 Å². The molecule has 0 saturated carbocycles. The third kappa shape index (κ3) is 4.04. The molecule has 1 saturated heterocycles.